The minimum atomic E-state index is -3.53. The first-order valence-electron chi connectivity index (χ1n) is 10.7. The monoisotopic (exact) mass is 476 g/mol. The van der Waals surface area contributed by atoms with Crippen molar-refractivity contribution in [3.63, 3.8) is 0 Å². The van der Waals surface area contributed by atoms with Crippen LogP contribution >= 0.6 is 11.3 Å². The van der Waals surface area contributed by atoms with Crippen molar-refractivity contribution in [1.29, 1.82) is 0 Å². The largest absolute Gasteiger partial charge is 0.506 e. The molecule has 3 aromatic rings. The van der Waals surface area contributed by atoms with E-state index < -0.39 is 16.1 Å². The lowest BCUT2D eigenvalue weighted by atomic mass is 9.96. The number of fused-ring (bicyclic) bond motifs is 3. The number of aryl methyl sites for hydroxylation is 2. The van der Waals surface area contributed by atoms with E-state index in [2.05, 4.69) is 22.2 Å². The van der Waals surface area contributed by atoms with Gasteiger partial charge in [0.15, 0.2) is 0 Å². The van der Waals surface area contributed by atoms with Gasteiger partial charge in [-0.2, -0.15) is 0 Å². The number of aliphatic hydroxyl groups excluding tert-OH is 1. The number of thiophene rings is 1. The Morgan fingerprint density at radius 1 is 1.16 bits per heavy atom. The predicted molar refractivity (Wildman–Crippen MR) is 128 cm³/mol. The van der Waals surface area contributed by atoms with Crippen LogP contribution in [0.1, 0.15) is 34.9 Å². The quantitative estimate of drug-likeness (QED) is 0.278. The van der Waals surface area contributed by atoms with Gasteiger partial charge in [0.05, 0.1) is 18.0 Å². The standard InChI is InChI=1S/C23H28N2O5S2/c1-32(28,29)25-19-12-15(6-9-20(19)26)21(27)14-24-10-11-30-16-7-8-18-17-4-2-3-5-22(17)31-23(18)13-16/h6-9,12-13,21,24-27H,2-5,10-11,14H2,1H3/t21-/m0/s1. The highest BCUT2D eigenvalue weighted by atomic mass is 32.2. The lowest BCUT2D eigenvalue weighted by Crippen LogP contribution is -2.26. The maximum atomic E-state index is 11.4. The summed E-state index contributed by atoms with van der Waals surface area (Å²) in [5.74, 6) is 0.643. The van der Waals surface area contributed by atoms with Crippen LogP contribution in [0.5, 0.6) is 11.5 Å². The van der Waals surface area contributed by atoms with Gasteiger partial charge in [0.25, 0.3) is 0 Å². The highest BCUT2D eigenvalue weighted by molar-refractivity contribution is 7.92. The molecule has 0 radical (unpaired) electrons. The van der Waals surface area contributed by atoms with E-state index in [9.17, 15) is 18.6 Å². The van der Waals surface area contributed by atoms with Crippen LogP contribution in [0.3, 0.4) is 0 Å². The molecule has 1 aromatic heterocycles. The molecule has 2 aromatic carbocycles. The molecular weight excluding hydrogens is 448 g/mol. The second-order valence-corrected chi connectivity index (χ2v) is 11.0. The third kappa shape index (κ3) is 5.53. The fraction of sp³-hybridized carbons (Fsp3) is 0.391. The van der Waals surface area contributed by atoms with Crippen molar-refractivity contribution in [3.8, 4) is 11.5 Å². The van der Waals surface area contributed by atoms with Crippen molar-refractivity contribution in [2.24, 2.45) is 0 Å². The lowest BCUT2D eigenvalue weighted by molar-refractivity contribution is 0.172. The van der Waals surface area contributed by atoms with Crippen LogP contribution in [0.15, 0.2) is 36.4 Å². The van der Waals surface area contributed by atoms with E-state index in [1.54, 1.807) is 6.07 Å². The minimum Gasteiger partial charge on any atom is -0.506 e. The SMILES string of the molecule is CS(=O)(=O)Nc1cc([C@@H](O)CNCCOc2ccc3c4c(sc3c2)CCCC4)ccc1O. The molecule has 0 amide bonds. The van der Waals surface area contributed by atoms with Crippen LogP contribution in [0.2, 0.25) is 0 Å². The van der Waals surface area contributed by atoms with E-state index in [1.807, 2.05) is 17.4 Å². The first-order valence-corrected chi connectivity index (χ1v) is 13.4. The van der Waals surface area contributed by atoms with E-state index >= 15 is 0 Å². The third-order valence-corrected chi connectivity index (χ3v) is 7.36. The zero-order valence-corrected chi connectivity index (χ0v) is 19.6. The Morgan fingerprint density at radius 2 is 1.97 bits per heavy atom. The Hall–Kier alpha value is -2.33. The molecule has 1 atom stereocenters. The minimum absolute atomic E-state index is 0.0398. The van der Waals surface area contributed by atoms with Gasteiger partial charge in [0.2, 0.25) is 10.0 Å². The highest BCUT2D eigenvalue weighted by Crippen LogP contribution is 2.38. The van der Waals surface area contributed by atoms with Gasteiger partial charge in [-0.05, 0) is 72.5 Å². The molecule has 1 heterocycles. The molecule has 0 spiro atoms. The number of aromatic hydroxyl groups is 1. The molecule has 4 rings (SSSR count). The molecule has 0 bridgehead atoms. The predicted octanol–water partition coefficient (Wildman–Crippen LogP) is 3.56. The van der Waals surface area contributed by atoms with E-state index in [1.165, 1.54) is 58.3 Å². The first kappa shape index (κ1) is 22.8. The Morgan fingerprint density at radius 3 is 2.78 bits per heavy atom. The molecular formula is C23H28N2O5S2. The second-order valence-electron chi connectivity index (χ2n) is 8.09. The molecule has 172 valence electrons. The summed E-state index contributed by atoms with van der Waals surface area (Å²) >= 11 is 1.88. The lowest BCUT2D eigenvalue weighted by Gasteiger charge is -2.15. The molecule has 1 aliphatic carbocycles. The van der Waals surface area contributed by atoms with Crippen LogP contribution in [-0.2, 0) is 22.9 Å². The summed E-state index contributed by atoms with van der Waals surface area (Å²) in [6, 6.07) is 10.6. The average Bonchev–Trinajstić information content (AvgIpc) is 3.11. The number of aliphatic hydroxyl groups is 1. The molecule has 1 aliphatic rings. The number of phenolic OH excluding ortho intramolecular Hbond substituents is 1. The van der Waals surface area contributed by atoms with E-state index in [0.29, 0.717) is 18.7 Å². The Bertz CT molecular complexity index is 1210. The van der Waals surface area contributed by atoms with Crippen LogP contribution in [0.4, 0.5) is 5.69 Å². The van der Waals surface area contributed by atoms with Crippen molar-refractivity contribution >= 4 is 37.1 Å². The number of nitrogens with one attached hydrogen (secondary N) is 2. The van der Waals surface area contributed by atoms with Crippen molar-refractivity contribution in [3.05, 3.63) is 52.4 Å². The zero-order chi connectivity index (χ0) is 22.7. The summed E-state index contributed by atoms with van der Waals surface area (Å²) in [6.45, 7) is 1.27. The van der Waals surface area contributed by atoms with Crippen molar-refractivity contribution in [2.45, 2.75) is 31.8 Å². The Labute approximate surface area is 192 Å². The molecule has 7 nitrogen and oxygen atoms in total. The van der Waals surface area contributed by atoms with Gasteiger partial charge in [0, 0.05) is 22.7 Å². The number of phenols is 1. The first-order chi connectivity index (χ1) is 15.3. The fourth-order valence-electron chi connectivity index (χ4n) is 3.97. The van der Waals surface area contributed by atoms with E-state index in [0.717, 1.165) is 12.0 Å². The van der Waals surface area contributed by atoms with Crippen LogP contribution in [-0.4, -0.2) is 44.6 Å². The van der Waals surface area contributed by atoms with Crippen molar-refractivity contribution in [1.82, 2.24) is 5.32 Å². The van der Waals surface area contributed by atoms with Gasteiger partial charge in [-0.1, -0.05) is 6.07 Å². The summed E-state index contributed by atoms with van der Waals surface area (Å²) in [4.78, 5) is 1.52. The summed E-state index contributed by atoms with van der Waals surface area (Å²) in [6.07, 6.45) is 5.05. The van der Waals surface area contributed by atoms with Gasteiger partial charge in [-0.3, -0.25) is 4.72 Å². The number of ether oxygens (including phenoxy) is 1. The smallest absolute Gasteiger partial charge is 0.229 e. The van der Waals surface area contributed by atoms with Crippen LogP contribution < -0.4 is 14.8 Å². The fourth-order valence-corrected chi connectivity index (χ4v) is 5.86. The molecule has 0 fully saturated rings. The molecule has 0 saturated carbocycles. The summed E-state index contributed by atoms with van der Waals surface area (Å²) in [5.41, 5.74) is 2.05. The van der Waals surface area contributed by atoms with E-state index in [-0.39, 0.29) is 18.0 Å². The highest BCUT2D eigenvalue weighted by Gasteiger charge is 2.16. The summed E-state index contributed by atoms with van der Waals surface area (Å²) in [7, 11) is -3.53. The number of benzene rings is 2. The maximum absolute atomic E-state index is 11.4. The van der Waals surface area contributed by atoms with Crippen LogP contribution in [0.25, 0.3) is 10.1 Å². The third-order valence-electron chi connectivity index (χ3n) is 5.51. The average molecular weight is 477 g/mol. The van der Waals surface area contributed by atoms with Gasteiger partial charge >= 0.3 is 0 Å². The molecule has 0 saturated heterocycles. The summed E-state index contributed by atoms with van der Waals surface area (Å²) < 4.78 is 32.2. The number of hydrogen-bond acceptors (Lipinski definition) is 7. The second kappa shape index (κ2) is 9.66. The van der Waals surface area contributed by atoms with Crippen molar-refractivity contribution in [2.75, 3.05) is 30.7 Å². The number of rotatable bonds is 9. The Balaban J connectivity index is 1.27. The van der Waals surface area contributed by atoms with Crippen LogP contribution in [0, 0.1) is 0 Å². The zero-order valence-electron chi connectivity index (χ0n) is 17.9. The van der Waals surface area contributed by atoms with E-state index in [4.69, 9.17) is 4.74 Å². The molecule has 4 N–H and O–H groups in total. The van der Waals surface area contributed by atoms with Gasteiger partial charge in [-0.25, -0.2) is 8.42 Å². The topological polar surface area (TPSA) is 108 Å². The number of hydrogen-bond donors (Lipinski definition) is 4. The molecule has 0 unspecified atom stereocenters. The van der Waals surface area contributed by atoms with Gasteiger partial charge < -0.3 is 20.3 Å². The summed E-state index contributed by atoms with van der Waals surface area (Å²) in [5, 5.41) is 24.7. The van der Waals surface area contributed by atoms with Gasteiger partial charge in [0.1, 0.15) is 18.1 Å². The molecule has 32 heavy (non-hydrogen) atoms. The maximum Gasteiger partial charge on any atom is 0.229 e. The molecule has 0 aliphatic heterocycles. The molecule has 9 heteroatoms. The van der Waals surface area contributed by atoms with Crippen molar-refractivity contribution < 1.29 is 23.4 Å². The Kier molecular flexibility index (Phi) is 6.90. The number of sulfonamides is 1. The van der Waals surface area contributed by atoms with Gasteiger partial charge in [-0.15, -0.1) is 11.3 Å². The normalized spacial score (nSPS) is 14.8. The number of anilines is 1.